The van der Waals surface area contributed by atoms with Gasteiger partial charge in [-0.2, -0.15) is 0 Å². The fraction of sp³-hybridized carbons (Fsp3) is 0.316. The first-order valence-corrected chi connectivity index (χ1v) is 10.4. The van der Waals surface area contributed by atoms with Gasteiger partial charge >= 0.3 is 0 Å². The number of pyridine rings is 1. The monoisotopic (exact) mass is 387 g/mol. The molecule has 0 spiro atoms. The number of hydrogen-bond acceptors (Lipinski definition) is 5. The van der Waals surface area contributed by atoms with Crippen LogP contribution in [0.5, 0.6) is 0 Å². The average molecular weight is 387 g/mol. The fourth-order valence-electron chi connectivity index (χ4n) is 2.96. The minimum Gasteiger partial charge on any atom is -0.336 e. The second-order valence-electron chi connectivity index (χ2n) is 6.72. The fourth-order valence-corrected chi connectivity index (χ4v) is 4.73. The molecule has 7 nitrogen and oxygen atoms in total. The summed E-state index contributed by atoms with van der Waals surface area (Å²) in [6.45, 7) is 1.96. The summed E-state index contributed by atoms with van der Waals surface area (Å²) in [7, 11) is -1.53. The molecule has 1 saturated heterocycles. The van der Waals surface area contributed by atoms with Gasteiger partial charge in [0.1, 0.15) is 5.69 Å². The molecule has 1 unspecified atom stereocenters. The van der Waals surface area contributed by atoms with Crippen molar-refractivity contribution in [3.63, 3.8) is 0 Å². The van der Waals surface area contributed by atoms with Gasteiger partial charge in [0.25, 0.3) is 11.8 Å². The summed E-state index contributed by atoms with van der Waals surface area (Å²) in [5, 5.41) is 2.78. The number of carbonyl (C=O) groups excluding carboxylic acids is 2. The van der Waals surface area contributed by atoms with E-state index in [1.807, 2.05) is 19.1 Å². The molecule has 0 bridgehead atoms. The van der Waals surface area contributed by atoms with E-state index in [1.165, 1.54) is 23.2 Å². The van der Waals surface area contributed by atoms with Crippen LogP contribution in [0.1, 0.15) is 32.8 Å². The van der Waals surface area contributed by atoms with E-state index in [0.717, 1.165) is 5.56 Å². The third kappa shape index (κ3) is 4.51. The number of rotatable bonds is 4. The quantitative estimate of drug-likeness (QED) is 0.864. The maximum atomic E-state index is 12.7. The first kappa shape index (κ1) is 19.0. The van der Waals surface area contributed by atoms with Crippen molar-refractivity contribution >= 4 is 27.3 Å². The zero-order chi connectivity index (χ0) is 19.6. The number of aryl methyl sites for hydroxylation is 1. The highest BCUT2D eigenvalue weighted by Gasteiger charge is 2.33. The Morgan fingerprint density at radius 2 is 1.89 bits per heavy atom. The molecule has 142 valence electrons. The highest BCUT2D eigenvalue weighted by molar-refractivity contribution is 7.91. The van der Waals surface area contributed by atoms with Gasteiger partial charge in [-0.25, -0.2) is 8.42 Å². The van der Waals surface area contributed by atoms with E-state index >= 15 is 0 Å². The molecule has 1 aromatic carbocycles. The Morgan fingerprint density at radius 1 is 1.19 bits per heavy atom. The zero-order valence-corrected chi connectivity index (χ0v) is 16.0. The van der Waals surface area contributed by atoms with Crippen LogP contribution in [0.3, 0.4) is 0 Å². The van der Waals surface area contributed by atoms with Crippen LogP contribution in [0.25, 0.3) is 0 Å². The molecule has 27 heavy (non-hydrogen) atoms. The molecular formula is C19H21N3O4S. The Kier molecular flexibility index (Phi) is 5.27. The van der Waals surface area contributed by atoms with Gasteiger partial charge in [-0.15, -0.1) is 0 Å². The molecule has 8 heteroatoms. The Hall–Kier alpha value is -2.74. The molecule has 3 rings (SSSR count). The number of benzene rings is 1. The number of aromatic nitrogens is 1. The lowest BCUT2D eigenvalue weighted by molar-refractivity contribution is 0.0742. The molecule has 1 aliphatic heterocycles. The Balaban J connectivity index is 1.73. The Bertz CT molecular complexity index is 971. The van der Waals surface area contributed by atoms with Crippen molar-refractivity contribution < 1.29 is 18.0 Å². The summed E-state index contributed by atoms with van der Waals surface area (Å²) >= 11 is 0. The van der Waals surface area contributed by atoms with Gasteiger partial charge in [0.15, 0.2) is 9.84 Å². The number of carbonyl (C=O) groups is 2. The van der Waals surface area contributed by atoms with Gasteiger partial charge in [0.05, 0.1) is 11.5 Å². The number of anilines is 1. The van der Waals surface area contributed by atoms with Crippen molar-refractivity contribution in [2.45, 2.75) is 19.4 Å². The van der Waals surface area contributed by atoms with Crippen LogP contribution in [0.15, 0.2) is 42.6 Å². The molecule has 2 aromatic rings. The number of nitrogens with one attached hydrogen (secondary N) is 1. The Morgan fingerprint density at radius 3 is 2.52 bits per heavy atom. The molecule has 1 aromatic heterocycles. The molecule has 1 N–H and O–H groups in total. The SMILES string of the molecule is Cc1ccc(NC(=O)c2ccnc(C(=O)N(C)C3CCS(=O)(=O)C3)c2)cc1. The largest absolute Gasteiger partial charge is 0.336 e. The van der Waals surface area contributed by atoms with Crippen LogP contribution in [-0.4, -0.2) is 54.7 Å². The third-order valence-electron chi connectivity index (χ3n) is 4.63. The number of hydrogen-bond donors (Lipinski definition) is 1. The first-order valence-electron chi connectivity index (χ1n) is 8.57. The van der Waals surface area contributed by atoms with Crippen molar-refractivity contribution in [1.82, 2.24) is 9.88 Å². The molecule has 0 saturated carbocycles. The predicted octanol–water partition coefficient (Wildman–Crippen LogP) is 1.90. The number of nitrogens with zero attached hydrogens (tertiary/aromatic N) is 2. The molecule has 1 aliphatic rings. The van der Waals surface area contributed by atoms with Crippen LogP contribution < -0.4 is 5.32 Å². The third-order valence-corrected chi connectivity index (χ3v) is 6.38. The van der Waals surface area contributed by atoms with Gasteiger partial charge in [-0.3, -0.25) is 14.6 Å². The molecular weight excluding hydrogens is 366 g/mol. The van der Waals surface area contributed by atoms with E-state index in [0.29, 0.717) is 17.7 Å². The average Bonchev–Trinajstić information content (AvgIpc) is 3.02. The van der Waals surface area contributed by atoms with Gasteiger partial charge in [-0.05, 0) is 37.6 Å². The lowest BCUT2D eigenvalue weighted by Crippen LogP contribution is -2.38. The zero-order valence-electron chi connectivity index (χ0n) is 15.2. The number of amides is 2. The van der Waals surface area contributed by atoms with Crippen LogP contribution in [0, 0.1) is 6.92 Å². The highest BCUT2D eigenvalue weighted by atomic mass is 32.2. The maximum Gasteiger partial charge on any atom is 0.272 e. The second-order valence-corrected chi connectivity index (χ2v) is 8.95. The minimum atomic E-state index is -3.09. The van der Waals surface area contributed by atoms with E-state index in [2.05, 4.69) is 10.3 Å². The van der Waals surface area contributed by atoms with Gasteiger partial charge in [0, 0.05) is 30.5 Å². The summed E-state index contributed by atoms with van der Waals surface area (Å²) in [6, 6.07) is 9.97. The van der Waals surface area contributed by atoms with Crippen molar-refractivity contribution in [2.75, 3.05) is 23.9 Å². The second kappa shape index (κ2) is 7.48. The van der Waals surface area contributed by atoms with Crippen molar-refractivity contribution in [3.8, 4) is 0 Å². The summed E-state index contributed by atoms with van der Waals surface area (Å²) in [5.74, 6) is -0.701. The molecule has 1 atom stereocenters. The van der Waals surface area contributed by atoms with Gasteiger partial charge in [-0.1, -0.05) is 17.7 Å². The lowest BCUT2D eigenvalue weighted by atomic mass is 10.1. The van der Waals surface area contributed by atoms with Crippen LogP contribution in [-0.2, 0) is 9.84 Å². The molecule has 0 aliphatic carbocycles. The highest BCUT2D eigenvalue weighted by Crippen LogP contribution is 2.18. The van der Waals surface area contributed by atoms with Crippen LogP contribution >= 0.6 is 0 Å². The standard InChI is InChI=1S/C19H21N3O4S/c1-13-3-5-15(6-4-13)21-18(23)14-7-9-20-17(11-14)19(24)22(2)16-8-10-27(25,26)12-16/h3-7,9,11,16H,8,10,12H2,1-2H3,(H,21,23). The normalized spacial score (nSPS) is 18.1. The summed E-state index contributed by atoms with van der Waals surface area (Å²) in [6.07, 6.45) is 1.81. The Labute approximate surface area is 158 Å². The summed E-state index contributed by atoms with van der Waals surface area (Å²) in [4.78, 5) is 30.5. The van der Waals surface area contributed by atoms with E-state index in [1.54, 1.807) is 19.2 Å². The summed E-state index contributed by atoms with van der Waals surface area (Å²) in [5.41, 5.74) is 2.16. The van der Waals surface area contributed by atoms with E-state index in [4.69, 9.17) is 0 Å². The molecule has 2 amide bonds. The van der Waals surface area contributed by atoms with E-state index in [-0.39, 0.29) is 29.1 Å². The first-order chi connectivity index (χ1) is 12.7. The minimum absolute atomic E-state index is 0.0388. The van der Waals surface area contributed by atoms with E-state index < -0.39 is 15.7 Å². The van der Waals surface area contributed by atoms with Crippen molar-refractivity contribution in [1.29, 1.82) is 0 Å². The van der Waals surface area contributed by atoms with Crippen molar-refractivity contribution in [2.24, 2.45) is 0 Å². The molecule has 0 radical (unpaired) electrons. The predicted molar refractivity (Wildman–Crippen MR) is 103 cm³/mol. The lowest BCUT2D eigenvalue weighted by Gasteiger charge is -2.23. The molecule has 1 fully saturated rings. The molecule has 2 heterocycles. The smallest absolute Gasteiger partial charge is 0.272 e. The van der Waals surface area contributed by atoms with Gasteiger partial charge < -0.3 is 10.2 Å². The summed E-state index contributed by atoms with van der Waals surface area (Å²) < 4.78 is 23.3. The van der Waals surface area contributed by atoms with Crippen molar-refractivity contribution in [3.05, 3.63) is 59.4 Å². The van der Waals surface area contributed by atoms with Gasteiger partial charge in [0.2, 0.25) is 0 Å². The van der Waals surface area contributed by atoms with Crippen LogP contribution in [0.2, 0.25) is 0 Å². The van der Waals surface area contributed by atoms with E-state index in [9.17, 15) is 18.0 Å². The maximum absolute atomic E-state index is 12.7. The topological polar surface area (TPSA) is 96.4 Å². The number of sulfone groups is 1. The van der Waals surface area contributed by atoms with Crippen LogP contribution in [0.4, 0.5) is 5.69 Å².